The van der Waals surface area contributed by atoms with E-state index in [9.17, 15) is 4.79 Å². The van der Waals surface area contributed by atoms with Crippen molar-refractivity contribution in [1.82, 2.24) is 4.57 Å². The van der Waals surface area contributed by atoms with Crippen molar-refractivity contribution in [2.75, 3.05) is 19.5 Å². The number of ether oxygens (including phenoxy) is 2. The molecule has 0 saturated heterocycles. The monoisotopic (exact) mass is 426 g/mol. The quantitative estimate of drug-likeness (QED) is 0.365. The fraction of sp³-hybridized carbons (Fsp3) is 0.148. The minimum Gasteiger partial charge on any atom is -0.497 e. The van der Waals surface area contributed by atoms with Crippen LogP contribution in [0.5, 0.6) is 11.5 Å². The summed E-state index contributed by atoms with van der Waals surface area (Å²) in [5.41, 5.74) is 4.19. The van der Waals surface area contributed by atoms with Gasteiger partial charge in [0.1, 0.15) is 17.5 Å². The van der Waals surface area contributed by atoms with Crippen LogP contribution >= 0.6 is 0 Å². The molecule has 4 rings (SSSR count). The number of benzene rings is 3. The minimum absolute atomic E-state index is 0.0163. The summed E-state index contributed by atoms with van der Waals surface area (Å²) in [6.45, 7) is 0. The van der Waals surface area contributed by atoms with Gasteiger partial charge in [-0.1, -0.05) is 60.7 Å². The van der Waals surface area contributed by atoms with Gasteiger partial charge in [-0.25, -0.2) is 0 Å². The molecule has 0 saturated carbocycles. The number of carbonyl (C=O) groups excluding carboxylic acids is 1. The maximum atomic E-state index is 13.9. The molecular weight excluding hydrogens is 400 g/mol. The third kappa shape index (κ3) is 4.52. The number of Topliss-reactive ketones (excluding diaryl/α,β-unsaturated/α-hetero) is 1. The number of anilines is 1. The fourth-order valence-electron chi connectivity index (χ4n) is 3.79. The Morgan fingerprint density at radius 1 is 0.844 bits per heavy atom. The second kappa shape index (κ2) is 9.43. The summed E-state index contributed by atoms with van der Waals surface area (Å²) in [7, 11) is 5.14. The summed E-state index contributed by atoms with van der Waals surface area (Å²) >= 11 is 0. The van der Waals surface area contributed by atoms with Gasteiger partial charge in [-0.15, -0.1) is 0 Å². The highest BCUT2D eigenvalue weighted by atomic mass is 16.5. The largest absolute Gasteiger partial charge is 0.497 e. The van der Waals surface area contributed by atoms with Crippen molar-refractivity contribution in [3.63, 3.8) is 0 Å². The molecule has 1 aromatic heterocycles. The van der Waals surface area contributed by atoms with Crippen molar-refractivity contribution in [3.8, 4) is 22.6 Å². The first kappa shape index (κ1) is 21.2. The summed E-state index contributed by atoms with van der Waals surface area (Å²) in [5.74, 6) is 1.28. The number of nitrogens with one attached hydrogen (secondary N) is 1. The Kier molecular flexibility index (Phi) is 6.26. The van der Waals surface area contributed by atoms with Gasteiger partial charge >= 0.3 is 0 Å². The molecule has 162 valence electrons. The molecule has 0 amide bonds. The zero-order valence-corrected chi connectivity index (χ0v) is 18.4. The number of methoxy groups -OCH3 is 2. The highest BCUT2D eigenvalue weighted by molar-refractivity contribution is 6.07. The van der Waals surface area contributed by atoms with Gasteiger partial charge in [-0.3, -0.25) is 4.79 Å². The van der Waals surface area contributed by atoms with E-state index in [1.807, 2.05) is 96.8 Å². The van der Waals surface area contributed by atoms with Crippen LogP contribution in [0.1, 0.15) is 22.0 Å². The van der Waals surface area contributed by atoms with E-state index in [1.54, 1.807) is 20.3 Å². The van der Waals surface area contributed by atoms with E-state index in [4.69, 9.17) is 9.47 Å². The van der Waals surface area contributed by atoms with Gasteiger partial charge in [0.15, 0.2) is 5.78 Å². The van der Waals surface area contributed by atoms with Gasteiger partial charge < -0.3 is 19.4 Å². The second-order valence-electron chi connectivity index (χ2n) is 7.57. The van der Waals surface area contributed by atoms with Crippen LogP contribution in [-0.4, -0.2) is 24.6 Å². The Labute approximate surface area is 188 Å². The van der Waals surface area contributed by atoms with Crippen LogP contribution in [-0.2, 0) is 7.05 Å². The number of aromatic nitrogens is 1. The molecule has 1 atom stereocenters. The zero-order chi connectivity index (χ0) is 22.5. The Bertz CT molecular complexity index is 1180. The number of hydrogen-bond acceptors (Lipinski definition) is 4. The summed E-state index contributed by atoms with van der Waals surface area (Å²) in [6.07, 6.45) is 3.87. The lowest BCUT2D eigenvalue weighted by Crippen LogP contribution is -2.21. The van der Waals surface area contributed by atoms with E-state index < -0.39 is 6.04 Å². The van der Waals surface area contributed by atoms with Crippen LogP contribution in [0.15, 0.2) is 91.3 Å². The summed E-state index contributed by atoms with van der Waals surface area (Å²) in [5, 5.41) is 3.41. The Balaban J connectivity index is 1.77. The second-order valence-corrected chi connectivity index (χ2v) is 7.57. The predicted octanol–water partition coefficient (Wildman–Crippen LogP) is 5.75. The van der Waals surface area contributed by atoms with Crippen LogP contribution in [0.2, 0.25) is 0 Å². The van der Waals surface area contributed by atoms with Crippen molar-refractivity contribution in [1.29, 1.82) is 0 Å². The fourth-order valence-corrected chi connectivity index (χ4v) is 3.79. The van der Waals surface area contributed by atoms with Crippen LogP contribution in [0, 0.1) is 0 Å². The van der Waals surface area contributed by atoms with E-state index in [1.165, 1.54) is 0 Å². The highest BCUT2D eigenvalue weighted by Gasteiger charge is 2.26. The number of hydrogen-bond donors (Lipinski definition) is 1. The summed E-state index contributed by atoms with van der Waals surface area (Å²) in [6, 6.07) is 24.6. The van der Waals surface area contributed by atoms with Gasteiger partial charge in [-0.2, -0.15) is 0 Å². The van der Waals surface area contributed by atoms with Crippen molar-refractivity contribution in [3.05, 3.63) is 102 Å². The van der Waals surface area contributed by atoms with Crippen LogP contribution < -0.4 is 14.8 Å². The van der Waals surface area contributed by atoms with Crippen molar-refractivity contribution in [2.24, 2.45) is 7.05 Å². The van der Waals surface area contributed by atoms with Gasteiger partial charge in [0, 0.05) is 54.5 Å². The topological polar surface area (TPSA) is 52.5 Å². The van der Waals surface area contributed by atoms with Crippen LogP contribution in [0.4, 0.5) is 5.69 Å². The molecule has 5 nitrogen and oxygen atoms in total. The summed E-state index contributed by atoms with van der Waals surface area (Å²) in [4.78, 5) is 13.9. The molecule has 0 bridgehead atoms. The highest BCUT2D eigenvalue weighted by Crippen LogP contribution is 2.33. The number of aryl methyl sites for hydroxylation is 1. The minimum atomic E-state index is -0.585. The molecule has 0 radical (unpaired) electrons. The molecule has 32 heavy (non-hydrogen) atoms. The molecule has 0 spiro atoms. The van der Waals surface area contributed by atoms with E-state index in [-0.39, 0.29) is 5.78 Å². The third-order valence-electron chi connectivity index (χ3n) is 5.36. The maximum absolute atomic E-state index is 13.9. The lowest BCUT2D eigenvalue weighted by atomic mass is 9.94. The van der Waals surface area contributed by atoms with Crippen LogP contribution in [0.25, 0.3) is 11.1 Å². The molecule has 4 aromatic rings. The van der Waals surface area contributed by atoms with E-state index in [0.29, 0.717) is 17.1 Å². The molecule has 0 aliphatic carbocycles. The Hall–Kier alpha value is -3.99. The molecule has 1 unspecified atom stereocenters. The predicted molar refractivity (Wildman–Crippen MR) is 128 cm³/mol. The average molecular weight is 427 g/mol. The number of nitrogens with zero attached hydrogens (tertiary/aromatic N) is 1. The summed E-state index contributed by atoms with van der Waals surface area (Å²) < 4.78 is 12.7. The lowest BCUT2D eigenvalue weighted by molar-refractivity contribution is 0.0970. The first-order valence-electron chi connectivity index (χ1n) is 10.4. The van der Waals surface area contributed by atoms with E-state index in [2.05, 4.69) is 5.32 Å². The number of carbonyl (C=O) groups is 1. The van der Waals surface area contributed by atoms with Gasteiger partial charge in [-0.05, 0) is 11.1 Å². The molecule has 0 fully saturated rings. The molecule has 1 N–H and O–H groups in total. The van der Waals surface area contributed by atoms with Crippen LogP contribution in [0.3, 0.4) is 0 Å². The van der Waals surface area contributed by atoms with Crippen molar-refractivity contribution in [2.45, 2.75) is 6.04 Å². The molecule has 5 heteroatoms. The van der Waals surface area contributed by atoms with E-state index in [0.717, 1.165) is 22.4 Å². The molecule has 0 aliphatic rings. The molecule has 0 aliphatic heterocycles. The van der Waals surface area contributed by atoms with E-state index >= 15 is 0 Å². The molecule has 3 aromatic carbocycles. The number of ketones is 1. The van der Waals surface area contributed by atoms with Gasteiger partial charge in [0.25, 0.3) is 0 Å². The molecule has 1 heterocycles. The van der Waals surface area contributed by atoms with Crippen molar-refractivity contribution >= 4 is 11.5 Å². The van der Waals surface area contributed by atoms with Gasteiger partial charge in [0.05, 0.1) is 14.2 Å². The maximum Gasteiger partial charge on any atom is 0.191 e. The normalized spacial score (nSPS) is 11.6. The smallest absolute Gasteiger partial charge is 0.191 e. The average Bonchev–Trinajstić information content (AvgIpc) is 3.24. The first-order chi connectivity index (χ1) is 15.6. The third-order valence-corrected chi connectivity index (χ3v) is 5.36. The van der Waals surface area contributed by atoms with Crippen molar-refractivity contribution < 1.29 is 14.3 Å². The SMILES string of the molecule is COc1cc(NC(C(=O)c2cn(C)cc2-c2ccccc2)c2ccccc2)cc(OC)c1. The van der Waals surface area contributed by atoms with Gasteiger partial charge in [0.2, 0.25) is 0 Å². The zero-order valence-electron chi connectivity index (χ0n) is 18.4. The Morgan fingerprint density at radius 3 is 2.03 bits per heavy atom. The first-order valence-corrected chi connectivity index (χ1v) is 10.4. The standard InChI is InChI=1S/C27H26N2O3/c1-29-17-24(19-10-6-4-7-11-19)25(18-29)27(30)26(20-12-8-5-9-13-20)28-21-14-22(31-2)16-23(15-21)32-3/h4-18,26,28H,1-3H3. The molecular formula is C27H26N2O3. The lowest BCUT2D eigenvalue weighted by Gasteiger charge is -2.21. The number of rotatable bonds is 8. The Morgan fingerprint density at radius 2 is 1.44 bits per heavy atom.